The van der Waals surface area contributed by atoms with Crippen LogP contribution in [0.5, 0.6) is 0 Å². The highest BCUT2D eigenvalue weighted by Gasteiger charge is 2.09. The second-order valence-electron chi connectivity index (χ2n) is 5.10. The van der Waals surface area contributed by atoms with E-state index in [1.54, 1.807) is 0 Å². The molecule has 6 nitrogen and oxygen atoms in total. The van der Waals surface area contributed by atoms with Crippen LogP contribution >= 0.6 is 0 Å². The van der Waals surface area contributed by atoms with Gasteiger partial charge in [-0.15, -0.1) is 0 Å². The fraction of sp³-hybridized carbons (Fsp3) is 0.500. The first kappa shape index (κ1) is 13.2. The SMILES string of the molecule is Nc1ccc2nc(NCCCN3CCOCC3)[nH]c2c1. The number of nitrogens with one attached hydrogen (secondary N) is 2. The van der Waals surface area contributed by atoms with Crippen molar-refractivity contribution >= 4 is 22.7 Å². The van der Waals surface area contributed by atoms with Gasteiger partial charge in [-0.3, -0.25) is 4.90 Å². The molecule has 0 atom stereocenters. The Labute approximate surface area is 118 Å². The standard InChI is InChI=1S/C14H21N5O/c15-11-2-3-12-13(10-11)18-14(17-12)16-4-1-5-19-6-8-20-9-7-19/h2-3,10H,1,4-9,15H2,(H2,16,17,18). The van der Waals surface area contributed by atoms with Gasteiger partial charge in [-0.05, 0) is 31.2 Å². The van der Waals surface area contributed by atoms with Gasteiger partial charge < -0.3 is 20.8 Å². The zero-order valence-corrected chi connectivity index (χ0v) is 11.6. The van der Waals surface area contributed by atoms with Crippen molar-refractivity contribution in [3.63, 3.8) is 0 Å². The summed E-state index contributed by atoms with van der Waals surface area (Å²) >= 11 is 0. The van der Waals surface area contributed by atoms with Crippen molar-refractivity contribution in [1.82, 2.24) is 14.9 Å². The van der Waals surface area contributed by atoms with E-state index in [0.717, 1.165) is 68.5 Å². The highest BCUT2D eigenvalue weighted by atomic mass is 16.5. The summed E-state index contributed by atoms with van der Waals surface area (Å²) in [5.74, 6) is 0.813. The highest BCUT2D eigenvalue weighted by molar-refractivity contribution is 5.80. The number of aromatic nitrogens is 2. The van der Waals surface area contributed by atoms with Gasteiger partial charge in [0, 0.05) is 25.3 Å². The number of imidazole rings is 1. The lowest BCUT2D eigenvalue weighted by Crippen LogP contribution is -2.37. The molecular formula is C14H21N5O. The molecule has 0 radical (unpaired) electrons. The molecule has 4 N–H and O–H groups in total. The van der Waals surface area contributed by atoms with Gasteiger partial charge in [-0.1, -0.05) is 0 Å². The number of hydrogen-bond donors (Lipinski definition) is 3. The number of benzene rings is 1. The van der Waals surface area contributed by atoms with Crippen molar-refractivity contribution in [2.45, 2.75) is 6.42 Å². The number of fused-ring (bicyclic) bond motifs is 1. The first-order chi connectivity index (χ1) is 9.81. The fourth-order valence-electron chi connectivity index (χ4n) is 2.45. The summed E-state index contributed by atoms with van der Waals surface area (Å²) in [7, 11) is 0. The van der Waals surface area contributed by atoms with Crippen LogP contribution in [0.15, 0.2) is 18.2 Å². The topological polar surface area (TPSA) is 79.2 Å². The third-order valence-electron chi connectivity index (χ3n) is 3.55. The van der Waals surface area contributed by atoms with Crippen LogP contribution in [-0.4, -0.2) is 54.3 Å². The molecule has 1 aliphatic rings. The summed E-state index contributed by atoms with van der Waals surface area (Å²) < 4.78 is 5.34. The summed E-state index contributed by atoms with van der Waals surface area (Å²) in [6.07, 6.45) is 1.10. The molecule has 0 saturated carbocycles. The summed E-state index contributed by atoms with van der Waals surface area (Å²) in [5.41, 5.74) is 8.42. The second-order valence-corrected chi connectivity index (χ2v) is 5.10. The molecule has 20 heavy (non-hydrogen) atoms. The predicted molar refractivity (Wildman–Crippen MR) is 80.9 cm³/mol. The summed E-state index contributed by atoms with van der Waals surface area (Å²) in [6, 6.07) is 5.70. The van der Waals surface area contributed by atoms with E-state index in [2.05, 4.69) is 20.2 Å². The van der Waals surface area contributed by atoms with Gasteiger partial charge in [-0.25, -0.2) is 4.98 Å². The van der Waals surface area contributed by atoms with Crippen LogP contribution in [0.1, 0.15) is 6.42 Å². The van der Waals surface area contributed by atoms with Crippen molar-refractivity contribution in [2.24, 2.45) is 0 Å². The Morgan fingerprint density at radius 2 is 2.20 bits per heavy atom. The molecule has 1 saturated heterocycles. The number of aromatic amines is 1. The Balaban J connectivity index is 1.47. The molecule has 2 heterocycles. The van der Waals surface area contributed by atoms with Crippen molar-refractivity contribution in [3.05, 3.63) is 18.2 Å². The maximum atomic E-state index is 5.75. The molecule has 1 fully saturated rings. The molecule has 6 heteroatoms. The molecule has 1 aliphatic heterocycles. The van der Waals surface area contributed by atoms with Gasteiger partial charge in [0.15, 0.2) is 0 Å². The number of ether oxygens (including phenoxy) is 1. The monoisotopic (exact) mass is 275 g/mol. The van der Waals surface area contributed by atoms with Crippen molar-refractivity contribution in [3.8, 4) is 0 Å². The third-order valence-corrected chi connectivity index (χ3v) is 3.55. The smallest absolute Gasteiger partial charge is 0.201 e. The maximum Gasteiger partial charge on any atom is 0.201 e. The van der Waals surface area contributed by atoms with Gasteiger partial charge in [0.25, 0.3) is 0 Å². The van der Waals surface area contributed by atoms with Crippen LogP contribution < -0.4 is 11.1 Å². The Hall–Kier alpha value is -1.79. The number of H-pyrrole nitrogens is 1. The van der Waals surface area contributed by atoms with Crippen LogP contribution in [0.3, 0.4) is 0 Å². The normalized spacial score (nSPS) is 16.6. The van der Waals surface area contributed by atoms with Gasteiger partial charge in [0.05, 0.1) is 24.2 Å². The molecule has 2 aromatic rings. The van der Waals surface area contributed by atoms with Crippen LogP contribution in [0.2, 0.25) is 0 Å². The van der Waals surface area contributed by atoms with Gasteiger partial charge in [-0.2, -0.15) is 0 Å². The first-order valence-electron chi connectivity index (χ1n) is 7.10. The number of morpholine rings is 1. The molecule has 1 aromatic carbocycles. The Morgan fingerprint density at radius 1 is 1.35 bits per heavy atom. The van der Waals surface area contributed by atoms with E-state index in [4.69, 9.17) is 10.5 Å². The van der Waals surface area contributed by atoms with Crippen molar-refractivity contribution in [1.29, 1.82) is 0 Å². The lowest BCUT2D eigenvalue weighted by atomic mass is 10.3. The van der Waals surface area contributed by atoms with E-state index < -0.39 is 0 Å². The van der Waals surface area contributed by atoms with E-state index in [1.165, 1.54) is 0 Å². The van der Waals surface area contributed by atoms with E-state index in [0.29, 0.717) is 0 Å². The molecule has 0 amide bonds. The average molecular weight is 275 g/mol. The highest BCUT2D eigenvalue weighted by Crippen LogP contribution is 2.16. The summed E-state index contributed by atoms with van der Waals surface area (Å²) in [6.45, 7) is 5.82. The second kappa shape index (κ2) is 6.11. The minimum absolute atomic E-state index is 0.750. The number of rotatable bonds is 5. The van der Waals surface area contributed by atoms with Crippen molar-refractivity contribution < 1.29 is 4.74 Å². The zero-order chi connectivity index (χ0) is 13.8. The molecule has 0 aliphatic carbocycles. The van der Waals surface area contributed by atoms with E-state index in [-0.39, 0.29) is 0 Å². The van der Waals surface area contributed by atoms with Crippen molar-refractivity contribution in [2.75, 3.05) is 50.4 Å². The summed E-state index contributed by atoms with van der Waals surface area (Å²) in [4.78, 5) is 10.2. The third kappa shape index (κ3) is 3.20. The van der Waals surface area contributed by atoms with Gasteiger partial charge in [0.2, 0.25) is 5.95 Å². The van der Waals surface area contributed by atoms with E-state index >= 15 is 0 Å². The Morgan fingerprint density at radius 3 is 3.05 bits per heavy atom. The maximum absolute atomic E-state index is 5.75. The number of nitrogen functional groups attached to an aromatic ring is 1. The van der Waals surface area contributed by atoms with Crippen LogP contribution in [0.4, 0.5) is 11.6 Å². The van der Waals surface area contributed by atoms with Crippen LogP contribution in [0.25, 0.3) is 11.0 Å². The molecule has 3 rings (SSSR count). The van der Waals surface area contributed by atoms with Crippen LogP contribution in [-0.2, 0) is 4.74 Å². The average Bonchev–Trinajstić information content (AvgIpc) is 2.86. The fourth-order valence-corrected chi connectivity index (χ4v) is 2.45. The molecule has 1 aromatic heterocycles. The van der Waals surface area contributed by atoms with Gasteiger partial charge in [0.1, 0.15) is 0 Å². The minimum atomic E-state index is 0.750. The number of nitrogens with two attached hydrogens (primary N) is 1. The molecular weight excluding hydrogens is 254 g/mol. The Bertz CT molecular complexity index is 562. The summed E-state index contributed by atoms with van der Waals surface area (Å²) in [5, 5.41) is 3.33. The lowest BCUT2D eigenvalue weighted by molar-refractivity contribution is 0.0378. The molecule has 0 spiro atoms. The molecule has 0 bridgehead atoms. The number of nitrogens with zero attached hydrogens (tertiary/aromatic N) is 2. The van der Waals surface area contributed by atoms with E-state index in [1.807, 2.05) is 18.2 Å². The largest absolute Gasteiger partial charge is 0.399 e. The predicted octanol–water partition coefficient (Wildman–Crippen LogP) is 1.28. The van der Waals surface area contributed by atoms with Crippen LogP contribution in [0, 0.1) is 0 Å². The molecule has 0 unspecified atom stereocenters. The van der Waals surface area contributed by atoms with Gasteiger partial charge >= 0.3 is 0 Å². The minimum Gasteiger partial charge on any atom is -0.399 e. The molecule has 108 valence electrons. The number of hydrogen-bond acceptors (Lipinski definition) is 5. The first-order valence-corrected chi connectivity index (χ1v) is 7.10. The lowest BCUT2D eigenvalue weighted by Gasteiger charge is -2.26. The number of anilines is 2. The zero-order valence-electron chi connectivity index (χ0n) is 11.6. The Kier molecular flexibility index (Phi) is 4.03. The quantitative estimate of drug-likeness (QED) is 0.566. The van der Waals surface area contributed by atoms with E-state index in [9.17, 15) is 0 Å².